The molecule has 196 valence electrons. The number of rotatable bonds is 8. The summed E-state index contributed by atoms with van der Waals surface area (Å²) in [6.07, 6.45) is -0.599. The predicted octanol–water partition coefficient (Wildman–Crippen LogP) is 5.44. The minimum Gasteiger partial charge on any atom is -0.491 e. The third-order valence-electron chi connectivity index (χ3n) is 6.44. The molecule has 38 heavy (non-hydrogen) atoms. The molecule has 1 unspecified atom stereocenters. The molecule has 1 fully saturated rings. The summed E-state index contributed by atoms with van der Waals surface area (Å²) in [7, 11) is 0. The van der Waals surface area contributed by atoms with Crippen LogP contribution in [-0.4, -0.2) is 52.0 Å². The number of benzene rings is 3. The van der Waals surface area contributed by atoms with Crippen molar-refractivity contribution >= 4 is 34.7 Å². The van der Waals surface area contributed by atoms with Crippen LogP contribution in [0.3, 0.4) is 0 Å². The Balaban J connectivity index is 1.26. The molecule has 0 saturated carbocycles. The van der Waals surface area contributed by atoms with Crippen molar-refractivity contribution in [1.82, 2.24) is 9.88 Å². The number of oxazole rings is 1. The fourth-order valence-electron chi connectivity index (χ4n) is 4.46. The Morgan fingerprint density at radius 3 is 2.66 bits per heavy atom. The van der Waals surface area contributed by atoms with Gasteiger partial charge in [0.05, 0.1) is 24.6 Å². The highest BCUT2D eigenvalue weighted by Gasteiger charge is 2.47. The molecule has 0 aliphatic carbocycles. The van der Waals surface area contributed by atoms with E-state index >= 15 is 0 Å². The first-order chi connectivity index (χ1) is 18.2. The average molecular weight is 522 g/mol. The molecule has 1 amide bonds. The smallest absolute Gasteiger partial charge is 0.335 e. The fourth-order valence-corrected chi connectivity index (χ4v) is 4.46. The molecular formula is C28H25F2N3O5. The number of carbonyl (C=O) groups is 2. The van der Waals surface area contributed by atoms with Gasteiger partial charge in [0.2, 0.25) is 5.91 Å². The molecule has 3 aromatic carbocycles. The summed E-state index contributed by atoms with van der Waals surface area (Å²) in [4.78, 5) is 29.7. The van der Waals surface area contributed by atoms with E-state index in [0.717, 1.165) is 16.2 Å². The zero-order valence-electron chi connectivity index (χ0n) is 20.5. The van der Waals surface area contributed by atoms with Crippen molar-refractivity contribution in [3.8, 4) is 5.75 Å². The van der Waals surface area contributed by atoms with Gasteiger partial charge in [0.25, 0.3) is 11.9 Å². The number of amides is 1. The van der Waals surface area contributed by atoms with Crippen LogP contribution in [-0.2, 0) is 11.2 Å². The highest BCUT2D eigenvalue weighted by Crippen LogP contribution is 2.33. The lowest BCUT2D eigenvalue weighted by Gasteiger charge is -2.24. The molecule has 8 nitrogen and oxygen atoms in total. The molecule has 0 spiro atoms. The molecule has 1 atom stereocenters. The van der Waals surface area contributed by atoms with Crippen molar-refractivity contribution in [3.05, 3.63) is 83.4 Å². The highest BCUT2D eigenvalue weighted by atomic mass is 19.3. The first kappa shape index (κ1) is 25.2. The van der Waals surface area contributed by atoms with Crippen LogP contribution in [0.2, 0.25) is 0 Å². The van der Waals surface area contributed by atoms with Crippen molar-refractivity contribution in [3.63, 3.8) is 0 Å². The van der Waals surface area contributed by atoms with Gasteiger partial charge in [0, 0.05) is 12.1 Å². The van der Waals surface area contributed by atoms with Crippen molar-refractivity contribution < 1.29 is 32.6 Å². The third-order valence-corrected chi connectivity index (χ3v) is 6.44. The predicted molar refractivity (Wildman–Crippen MR) is 136 cm³/mol. The Hall–Kier alpha value is -4.47. The van der Waals surface area contributed by atoms with Crippen LogP contribution in [0.25, 0.3) is 11.1 Å². The number of carbonyl (C=O) groups excluding carboxylic acids is 1. The quantitative estimate of drug-likeness (QED) is 0.318. The lowest BCUT2D eigenvalue weighted by Crippen LogP contribution is -2.40. The Morgan fingerprint density at radius 2 is 1.92 bits per heavy atom. The number of aromatic carboxylic acids is 1. The van der Waals surface area contributed by atoms with Gasteiger partial charge >= 0.3 is 5.97 Å². The van der Waals surface area contributed by atoms with E-state index in [1.165, 1.54) is 24.3 Å². The average Bonchev–Trinajstić information content (AvgIpc) is 3.43. The van der Waals surface area contributed by atoms with E-state index in [2.05, 4.69) is 10.3 Å². The molecule has 10 heteroatoms. The van der Waals surface area contributed by atoms with Crippen molar-refractivity contribution in [1.29, 1.82) is 0 Å². The van der Waals surface area contributed by atoms with Gasteiger partial charge in [-0.25, -0.2) is 13.6 Å². The second-order valence-corrected chi connectivity index (χ2v) is 9.31. The normalized spacial score (nSPS) is 16.5. The first-order valence-corrected chi connectivity index (χ1v) is 12.0. The Kier molecular flexibility index (Phi) is 6.71. The number of anilines is 2. The number of fused-ring (bicyclic) bond motifs is 1. The second kappa shape index (κ2) is 10.1. The number of carboxylic acids is 1. The lowest BCUT2D eigenvalue weighted by molar-refractivity contribution is -0.133. The van der Waals surface area contributed by atoms with Crippen LogP contribution < -0.4 is 10.1 Å². The molecule has 1 saturated heterocycles. The number of carboxylic acid groups (broad SMARTS) is 1. The van der Waals surface area contributed by atoms with Crippen molar-refractivity contribution in [2.45, 2.75) is 31.7 Å². The number of nitrogens with one attached hydrogen (secondary N) is 1. The number of aryl methyl sites for hydroxylation is 1. The molecule has 0 radical (unpaired) electrons. The molecule has 2 N–H and O–H groups in total. The number of nitrogens with zero attached hydrogens (tertiary/aromatic N) is 2. The topological polar surface area (TPSA) is 105 Å². The van der Waals surface area contributed by atoms with Gasteiger partial charge in [-0.05, 0) is 60.5 Å². The van der Waals surface area contributed by atoms with Crippen LogP contribution >= 0.6 is 0 Å². The minimum atomic E-state index is -3.03. The molecule has 1 aliphatic rings. The summed E-state index contributed by atoms with van der Waals surface area (Å²) in [5.74, 6) is -4.22. The first-order valence-electron chi connectivity index (χ1n) is 12.0. The van der Waals surface area contributed by atoms with E-state index in [1.807, 2.05) is 31.2 Å². The van der Waals surface area contributed by atoms with Crippen LogP contribution in [0.15, 0.2) is 71.1 Å². The summed E-state index contributed by atoms with van der Waals surface area (Å²) in [6, 6.07) is 18.0. The second-order valence-electron chi connectivity index (χ2n) is 9.31. The van der Waals surface area contributed by atoms with E-state index in [0.29, 0.717) is 28.4 Å². The van der Waals surface area contributed by atoms with Crippen LogP contribution in [0.4, 0.5) is 20.5 Å². The molecule has 5 rings (SSSR count). The fraction of sp³-hybridized carbons (Fsp3) is 0.250. The number of alkyl halides is 2. The highest BCUT2D eigenvalue weighted by molar-refractivity contribution is 5.87. The monoisotopic (exact) mass is 521 g/mol. The summed E-state index contributed by atoms with van der Waals surface area (Å²) in [5.41, 5.74) is 3.66. The SMILES string of the molecule is Cc1ccccc1Nc1nc2ccc(CC(=O)N3CC(F)(F)CC3COc3ccc(C(=O)O)cc3)cc2o1. The van der Waals surface area contributed by atoms with E-state index in [1.54, 1.807) is 18.2 Å². The third kappa shape index (κ3) is 5.59. The lowest BCUT2D eigenvalue weighted by atomic mass is 10.1. The van der Waals surface area contributed by atoms with Gasteiger partial charge in [-0.3, -0.25) is 4.79 Å². The summed E-state index contributed by atoms with van der Waals surface area (Å²) < 4.78 is 40.0. The molecule has 1 aromatic heterocycles. The molecular weight excluding hydrogens is 496 g/mol. The number of ether oxygens (including phenoxy) is 1. The van der Waals surface area contributed by atoms with Crippen molar-refractivity contribution in [2.24, 2.45) is 0 Å². The van der Waals surface area contributed by atoms with E-state index in [-0.39, 0.29) is 18.6 Å². The summed E-state index contributed by atoms with van der Waals surface area (Å²) >= 11 is 0. The largest absolute Gasteiger partial charge is 0.491 e. The molecule has 1 aliphatic heterocycles. The van der Waals surface area contributed by atoms with Crippen LogP contribution in [0, 0.1) is 6.92 Å². The van der Waals surface area contributed by atoms with Gasteiger partial charge in [-0.15, -0.1) is 0 Å². The molecule has 2 heterocycles. The number of hydrogen-bond donors (Lipinski definition) is 2. The standard InChI is InChI=1S/C28H25F2N3O5/c1-17-4-2-3-5-22(17)31-27-32-23-11-6-18(12-24(23)38-27)13-25(34)33-16-28(29,30)14-20(33)15-37-21-9-7-19(8-10-21)26(35)36/h2-12,20H,13-16H2,1H3,(H,31,32)(H,35,36). The van der Waals surface area contributed by atoms with Crippen molar-refractivity contribution in [2.75, 3.05) is 18.5 Å². The number of likely N-dealkylation sites (tertiary alicyclic amines) is 1. The Bertz CT molecular complexity index is 1490. The van der Waals surface area contributed by atoms with Crippen LogP contribution in [0.5, 0.6) is 5.75 Å². The number of halogens is 2. The van der Waals surface area contributed by atoms with Gasteiger partial charge in [0.15, 0.2) is 5.58 Å². The van der Waals surface area contributed by atoms with Gasteiger partial charge in [-0.2, -0.15) is 4.98 Å². The Morgan fingerprint density at radius 1 is 1.16 bits per heavy atom. The molecule has 4 aromatic rings. The maximum Gasteiger partial charge on any atom is 0.335 e. The number of hydrogen-bond acceptors (Lipinski definition) is 6. The minimum absolute atomic E-state index is 0.0862. The zero-order chi connectivity index (χ0) is 26.9. The summed E-state index contributed by atoms with van der Waals surface area (Å²) in [5, 5.41) is 12.1. The van der Waals surface area contributed by atoms with E-state index in [9.17, 15) is 18.4 Å². The van der Waals surface area contributed by atoms with Crippen LogP contribution in [0.1, 0.15) is 27.9 Å². The number of aromatic nitrogens is 1. The van der Waals surface area contributed by atoms with Gasteiger partial charge in [0.1, 0.15) is 17.9 Å². The maximum atomic E-state index is 14.3. The molecule has 0 bridgehead atoms. The van der Waals surface area contributed by atoms with E-state index < -0.39 is 36.8 Å². The van der Waals surface area contributed by atoms with Gasteiger partial charge in [-0.1, -0.05) is 24.3 Å². The van der Waals surface area contributed by atoms with Gasteiger partial charge < -0.3 is 24.5 Å². The zero-order valence-corrected chi connectivity index (χ0v) is 20.5. The maximum absolute atomic E-state index is 14.3. The number of para-hydroxylation sites is 1. The Labute approximate surface area is 216 Å². The van der Waals surface area contributed by atoms with E-state index in [4.69, 9.17) is 14.3 Å². The summed E-state index contributed by atoms with van der Waals surface area (Å²) in [6.45, 7) is 1.14.